The van der Waals surface area contributed by atoms with Crippen molar-refractivity contribution in [1.29, 1.82) is 0 Å². The van der Waals surface area contributed by atoms with Crippen LogP contribution >= 0.6 is 0 Å². The summed E-state index contributed by atoms with van der Waals surface area (Å²) in [7, 11) is 0. The van der Waals surface area contributed by atoms with Crippen LogP contribution in [0.3, 0.4) is 0 Å². The molecule has 0 saturated carbocycles. The van der Waals surface area contributed by atoms with Crippen LogP contribution in [0, 0.1) is 0 Å². The fourth-order valence-electron chi connectivity index (χ4n) is 2.22. The molecule has 2 N–H and O–H groups in total. The summed E-state index contributed by atoms with van der Waals surface area (Å²) in [4.78, 5) is 15.6. The Morgan fingerprint density at radius 2 is 2.17 bits per heavy atom. The Morgan fingerprint density at radius 3 is 3.00 bits per heavy atom. The number of nitrogens with zero attached hydrogens (tertiary/aromatic N) is 1. The van der Waals surface area contributed by atoms with Gasteiger partial charge in [-0.3, -0.25) is 4.79 Å². The molecule has 2 heterocycles. The third-order valence-electron chi connectivity index (χ3n) is 3.21. The van der Waals surface area contributed by atoms with Crippen molar-refractivity contribution in [2.45, 2.75) is 18.9 Å². The molecule has 1 amide bonds. The van der Waals surface area contributed by atoms with Crippen molar-refractivity contribution in [3.8, 4) is 0 Å². The molecule has 1 aromatic heterocycles. The number of nitrogens with one attached hydrogen (secondary N) is 2. The number of carbonyl (C=O) groups is 1. The summed E-state index contributed by atoms with van der Waals surface area (Å²) in [5.74, 6) is 1.00. The Kier molecular flexibility index (Phi) is 2.84. The number of pyridine rings is 1. The highest BCUT2D eigenvalue weighted by Crippen LogP contribution is 2.15. The van der Waals surface area contributed by atoms with Crippen LogP contribution in [0.1, 0.15) is 12.8 Å². The number of hydrogen-bond donors (Lipinski definition) is 2. The fraction of sp³-hybridized carbons (Fsp3) is 0.286. The summed E-state index contributed by atoms with van der Waals surface area (Å²) >= 11 is 0. The van der Waals surface area contributed by atoms with Gasteiger partial charge in [0.2, 0.25) is 5.91 Å². The largest absolute Gasteiger partial charge is 0.368 e. The summed E-state index contributed by atoms with van der Waals surface area (Å²) < 4.78 is 0. The van der Waals surface area contributed by atoms with Crippen molar-refractivity contribution in [3.05, 3.63) is 36.4 Å². The van der Waals surface area contributed by atoms with E-state index in [0.717, 1.165) is 29.7 Å². The summed E-state index contributed by atoms with van der Waals surface area (Å²) in [5, 5.41) is 7.34. The predicted molar refractivity (Wildman–Crippen MR) is 71.4 cm³/mol. The lowest BCUT2D eigenvalue weighted by Crippen LogP contribution is -2.31. The van der Waals surface area contributed by atoms with Gasteiger partial charge in [-0.2, -0.15) is 0 Å². The standard InChI is InChI=1S/C14H15N3O/c18-14-8-6-11(16-14)9-15-13-7-5-10-3-1-2-4-12(10)17-13/h1-5,7,11H,6,8-9H2,(H,15,17)(H,16,18). The lowest BCUT2D eigenvalue weighted by atomic mass is 10.2. The van der Waals surface area contributed by atoms with E-state index < -0.39 is 0 Å². The van der Waals surface area contributed by atoms with Crippen LogP contribution in [0.25, 0.3) is 10.9 Å². The third-order valence-corrected chi connectivity index (χ3v) is 3.21. The Hall–Kier alpha value is -2.10. The molecule has 3 rings (SSSR count). The number of aromatic nitrogens is 1. The number of hydrogen-bond acceptors (Lipinski definition) is 3. The number of carbonyl (C=O) groups excluding carboxylic acids is 1. The van der Waals surface area contributed by atoms with Gasteiger partial charge in [0.1, 0.15) is 5.82 Å². The zero-order valence-corrected chi connectivity index (χ0v) is 10.0. The van der Waals surface area contributed by atoms with Crippen LogP contribution in [-0.4, -0.2) is 23.5 Å². The SMILES string of the molecule is O=C1CCC(CNc2ccc3ccccc3n2)N1. The van der Waals surface area contributed by atoms with E-state index in [1.807, 2.05) is 30.3 Å². The van der Waals surface area contributed by atoms with E-state index in [4.69, 9.17) is 0 Å². The number of para-hydroxylation sites is 1. The van der Waals surface area contributed by atoms with E-state index in [1.165, 1.54) is 0 Å². The zero-order chi connectivity index (χ0) is 12.4. The summed E-state index contributed by atoms with van der Waals surface area (Å²) in [6.07, 6.45) is 1.54. The van der Waals surface area contributed by atoms with Crippen LogP contribution in [-0.2, 0) is 4.79 Å². The van der Waals surface area contributed by atoms with Gasteiger partial charge in [0.05, 0.1) is 5.52 Å². The van der Waals surface area contributed by atoms with E-state index >= 15 is 0 Å². The highest BCUT2D eigenvalue weighted by Gasteiger charge is 2.20. The van der Waals surface area contributed by atoms with Gasteiger partial charge in [-0.1, -0.05) is 18.2 Å². The van der Waals surface area contributed by atoms with E-state index in [2.05, 4.69) is 21.7 Å². The molecule has 92 valence electrons. The molecule has 0 radical (unpaired) electrons. The zero-order valence-electron chi connectivity index (χ0n) is 10.0. The molecule has 1 aliphatic heterocycles. The fourth-order valence-corrected chi connectivity index (χ4v) is 2.22. The number of fused-ring (bicyclic) bond motifs is 1. The summed E-state index contributed by atoms with van der Waals surface area (Å²) in [6, 6.07) is 12.3. The van der Waals surface area contributed by atoms with Gasteiger partial charge < -0.3 is 10.6 Å². The minimum Gasteiger partial charge on any atom is -0.368 e. The second-order valence-corrected chi connectivity index (χ2v) is 4.57. The van der Waals surface area contributed by atoms with Gasteiger partial charge >= 0.3 is 0 Å². The van der Waals surface area contributed by atoms with Crippen molar-refractivity contribution >= 4 is 22.6 Å². The number of rotatable bonds is 3. The molecular formula is C14H15N3O. The molecule has 0 bridgehead atoms. The van der Waals surface area contributed by atoms with Crippen molar-refractivity contribution < 1.29 is 4.79 Å². The van der Waals surface area contributed by atoms with Crippen LogP contribution in [0.2, 0.25) is 0 Å². The van der Waals surface area contributed by atoms with Crippen molar-refractivity contribution in [1.82, 2.24) is 10.3 Å². The minimum atomic E-state index is 0.147. The molecule has 0 spiro atoms. The maximum atomic E-state index is 11.1. The monoisotopic (exact) mass is 241 g/mol. The van der Waals surface area contributed by atoms with Crippen LogP contribution in [0.4, 0.5) is 5.82 Å². The van der Waals surface area contributed by atoms with E-state index in [1.54, 1.807) is 0 Å². The van der Waals surface area contributed by atoms with E-state index in [-0.39, 0.29) is 11.9 Å². The normalized spacial score (nSPS) is 18.9. The molecular weight excluding hydrogens is 226 g/mol. The van der Waals surface area contributed by atoms with Gasteiger partial charge in [0.15, 0.2) is 0 Å². The average molecular weight is 241 g/mol. The van der Waals surface area contributed by atoms with Crippen LogP contribution in [0.15, 0.2) is 36.4 Å². The Labute approximate surface area is 105 Å². The van der Waals surface area contributed by atoms with Gasteiger partial charge in [-0.25, -0.2) is 4.98 Å². The van der Waals surface area contributed by atoms with Gasteiger partial charge in [-0.05, 0) is 24.6 Å². The average Bonchev–Trinajstić information content (AvgIpc) is 2.82. The lowest BCUT2D eigenvalue weighted by Gasteiger charge is -2.12. The first-order valence-electron chi connectivity index (χ1n) is 6.20. The third kappa shape index (κ3) is 2.27. The molecule has 4 heteroatoms. The summed E-state index contributed by atoms with van der Waals surface area (Å²) in [5.41, 5.74) is 0.984. The van der Waals surface area contributed by atoms with Gasteiger partial charge in [0.25, 0.3) is 0 Å². The first-order valence-corrected chi connectivity index (χ1v) is 6.20. The van der Waals surface area contributed by atoms with Gasteiger partial charge in [0, 0.05) is 24.4 Å². The molecule has 1 fully saturated rings. The number of anilines is 1. The maximum absolute atomic E-state index is 11.1. The minimum absolute atomic E-state index is 0.147. The van der Waals surface area contributed by atoms with E-state index in [9.17, 15) is 4.79 Å². The molecule has 18 heavy (non-hydrogen) atoms. The lowest BCUT2D eigenvalue weighted by molar-refractivity contribution is -0.119. The molecule has 4 nitrogen and oxygen atoms in total. The first kappa shape index (κ1) is 11.0. The molecule has 1 aromatic carbocycles. The number of amides is 1. The molecule has 1 atom stereocenters. The maximum Gasteiger partial charge on any atom is 0.220 e. The van der Waals surface area contributed by atoms with Crippen LogP contribution < -0.4 is 10.6 Å². The van der Waals surface area contributed by atoms with E-state index in [0.29, 0.717) is 6.42 Å². The molecule has 0 aliphatic carbocycles. The topological polar surface area (TPSA) is 54.0 Å². The van der Waals surface area contributed by atoms with Crippen molar-refractivity contribution in [2.24, 2.45) is 0 Å². The molecule has 2 aromatic rings. The second-order valence-electron chi connectivity index (χ2n) is 4.57. The molecule has 1 saturated heterocycles. The first-order chi connectivity index (χ1) is 8.81. The predicted octanol–water partition coefficient (Wildman–Crippen LogP) is 1.93. The number of benzene rings is 1. The van der Waals surface area contributed by atoms with Gasteiger partial charge in [-0.15, -0.1) is 0 Å². The Balaban J connectivity index is 1.69. The second kappa shape index (κ2) is 4.64. The van der Waals surface area contributed by atoms with Crippen molar-refractivity contribution in [3.63, 3.8) is 0 Å². The highest BCUT2D eigenvalue weighted by atomic mass is 16.1. The Morgan fingerprint density at radius 1 is 1.28 bits per heavy atom. The smallest absolute Gasteiger partial charge is 0.220 e. The van der Waals surface area contributed by atoms with Crippen molar-refractivity contribution in [2.75, 3.05) is 11.9 Å². The highest BCUT2D eigenvalue weighted by molar-refractivity contribution is 5.80. The van der Waals surface area contributed by atoms with Crippen LogP contribution in [0.5, 0.6) is 0 Å². The Bertz CT molecular complexity index is 582. The molecule has 1 unspecified atom stereocenters. The summed E-state index contributed by atoms with van der Waals surface area (Å²) in [6.45, 7) is 0.733. The quantitative estimate of drug-likeness (QED) is 0.863. The molecule has 1 aliphatic rings.